The Balaban J connectivity index is 1.47. The summed E-state index contributed by atoms with van der Waals surface area (Å²) in [5, 5.41) is 11.8. The molecule has 2 heterocycles. The first kappa shape index (κ1) is 18.2. The maximum atomic E-state index is 12.7. The molecule has 2 aromatic carbocycles. The Morgan fingerprint density at radius 3 is 2.64 bits per heavy atom. The molecule has 0 N–H and O–H groups in total. The molecular formula is C19H18N4O4S. The second kappa shape index (κ2) is 7.43. The first-order valence-electron chi connectivity index (χ1n) is 8.79. The highest BCUT2D eigenvalue weighted by Crippen LogP contribution is 2.34. The summed E-state index contributed by atoms with van der Waals surface area (Å²) in [6.07, 6.45) is 0. The molecule has 1 fully saturated rings. The van der Waals surface area contributed by atoms with E-state index in [9.17, 15) is 14.9 Å². The molecule has 3 aromatic rings. The van der Waals surface area contributed by atoms with Crippen LogP contribution in [0.1, 0.15) is 10.4 Å². The molecule has 4 rings (SSSR count). The van der Waals surface area contributed by atoms with Crippen LogP contribution in [0.25, 0.3) is 10.2 Å². The lowest BCUT2D eigenvalue weighted by molar-refractivity contribution is -0.384. The lowest BCUT2D eigenvalue weighted by Gasteiger charge is -2.34. The van der Waals surface area contributed by atoms with Crippen molar-refractivity contribution in [3.63, 3.8) is 0 Å². The number of nitro benzene ring substituents is 1. The summed E-state index contributed by atoms with van der Waals surface area (Å²) in [5.41, 5.74) is 1.11. The van der Waals surface area contributed by atoms with Crippen molar-refractivity contribution in [3.8, 4) is 5.75 Å². The molecule has 1 aliphatic rings. The number of amides is 1. The third-order valence-electron chi connectivity index (χ3n) is 4.73. The first-order valence-corrected chi connectivity index (χ1v) is 9.60. The van der Waals surface area contributed by atoms with Crippen LogP contribution < -0.4 is 9.64 Å². The molecule has 0 spiro atoms. The van der Waals surface area contributed by atoms with Gasteiger partial charge in [0.15, 0.2) is 5.13 Å². The van der Waals surface area contributed by atoms with E-state index in [1.165, 1.54) is 18.2 Å². The van der Waals surface area contributed by atoms with Crippen molar-refractivity contribution in [2.75, 3.05) is 38.2 Å². The minimum absolute atomic E-state index is 0.0760. The van der Waals surface area contributed by atoms with E-state index < -0.39 is 4.92 Å². The number of carbonyl (C=O) groups is 1. The maximum Gasteiger partial charge on any atom is 0.270 e. The van der Waals surface area contributed by atoms with Crippen LogP contribution in [-0.2, 0) is 0 Å². The van der Waals surface area contributed by atoms with Crippen LogP contribution in [0, 0.1) is 10.1 Å². The van der Waals surface area contributed by atoms with Gasteiger partial charge in [0.05, 0.1) is 16.7 Å². The van der Waals surface area contributed by atoms with E-state index in [2.05, 4.69) is 4.90 Å². The predicted octanol–water partition coefficient (Wildman–Crippen LogP) is 3.18. The highest BCUT2D eigenvalue weighted by atomic mass is 32.1. The van der Waals surface area contributed by atoms with Gasteiger partial charge >= 0.3 is 0 Å². The summed E-state index contributed by atoms with van der Waals surface area (Å²) < 4.78 is 6.44. The summed E-state index contributed by atoms with van der Waals surface area (Å²) in [4.78, 5) is 31.7. The average Bonchev–Trinajstić information content (AvgIpc) is 3.18. The van der Waals surface area contributed by atoms with E-state index in [4.69, 9.17) is 9.72 Å². The molecule has 144 valence electrons. The Labute approximate surface area is 165 Å². The number of benzene rings is 2. The lowest BCUT2D eigenvalue weighted by Crippen LogP contribution is -2.48. The molecule has 1 aromatic heterocycles. The second-order valence-electron chi connectivity index (χ2n) is 6.39. The van der Waals surface area contributed by atoms with Gasteiger partial charge in [-0.3, -0.25) is 14.9 Å². The van der Waals surface area contributed by atoms with Crippen molar-refractivity contribution in [2.45, 2.75) is 0 Å². The van der Waals surface area contributed by atoms with Crippen molar-refractivity contribution in [3.05, 3.63) is 58.1 Å². The molecule has 0 radical (unpaired) electrons. The molecule has 0 saturated carbocycles. The molecule has 1 aliphatic heterocycles. The average molecular weight is 398 g/mol. The number of hydrogen-bond acceptors (Lipinski definition) is 7. The number of nitrogens with zero attached hydrogens (tertiary/aromatic N) is 4. The standard InChI is InChI=1S/C19H18N4O4S/c1-27-15-6-3-7-16-17(15)20-19(28-16)22-10-8-21(9-11-22)18(24)13-4-2-5-14(12-13)23(25)26/h2-7,12H,8-11H2,1H3. The maximum absolute atomic E-state index is 12.7. The van der Waals surface area contributed by atoms with Crippen LogP contribution in [0.15, 0.2) is 42.5 Å². The van der Waals surface area contributed by atoms with Gasteiger partial charge in [0.2, 0.25) is 0 Å². The zero-order valence-corrected chi connectivity index (χ0v) is 16.0. The van der Waals surface area contributed by atoms with Crippen LogP contribution >= 0.6 is 11.3 Å². The Hall–Kier alpha value is -3.20. The highest BCUT2D eigenvalue weighted by molar-refractivity contribution is 7.22. The van der Waals surface area contributed by atoms with Gasteiger partial charge < -0.3 is 14.5 Å². The minimum atomic E-state index is -0.490. The highest BCUT2D eigenvalue weighted by Gasteiger charge is 2.25. The number of piperazine rings is 1. The van der Waals surface area contributed by atoms with Crippen LogP contribution in [0.2, 0.25) is 0 Å². The van der Waals surface area contributed by atoms with E-state index in [-0.39, 0.29) is 11.6 Å². The number of hydrogen-bond donors (Lipinski definition) is 0. The van der Waals surface area contributed by atoms with Crippen molar-refractivity contribution in [1.82, 2.24) is 9.88 Å². The Morgan fingerprint density at radius 2 is 1.93 bits per heavy atom. The largest absolute Gasteiger partial charge is 0.494 e. The van der Waals surface area contributed by atoms with E-state index in [1.807, 2.05) is 18.2 Å². The number of nitro groups is 1. The third kappa shape index (κ3) is 3.36. The Morgan fingerprint density at radius 1 is 1.18 bits per heavy atom. The molecule has 0 unspecified atom stereocenters. The van der Waals surface area contributed by atoms with Gasteiger partial charge in [0.25, 0.3) is 11.6 Å². The van der Waals surface area contributed by atoms with Crippen LogP contribution in [0.5, 0.6) is 5.75 Å². The number of carbonyl (C=O) groups excluding carboxylic acids is 1. The van der Waals surface area contributed by atoms with Crippen LogP contribution in [0.3, 0.4) is 0 Å². The first-order chi connectivity index (χ1) is 13.6. The summed E-state index contributed by atoms with van der Waals surface area (Å²) >= 11 is 1.60. The van der Waals surface area contributed by atoms with E-state index in [0.717, 1.165) is 21.1 Å². The number of aromatic nitrogens is 1. The van der Waals surface area contributed by atoms with E-state index in [1.54, 1.807) is 29.4 Å². The fraction of sp³-hybridized carbons (Fsp3) is 0.263. The number of thiazole rings is 1. The normalized spacial score (nSPS) is 14.3. The quantitative estimate of drug-likeness (QED) is 0.495. The zero-order chi connectivity index (χ0) is 19.7. The molecule has 1 amide bonds. The topological polar surface area (TPSA) is 88.8 Å². The number of methoxy groups -OCH3 is 1. The number of para-hydroxylation sites is 1. The lowest BCUT2D eigenvalue weighted by atomic mass is 10.1. The number of rotatable bonds is 4. The fourth-order valence-corrected chi connectivity index (χ4v) is 4.28. The Bertz CT molecular complexity index is 1040. The molecule has 0 aliphatic carbocycles. The van der Waals surface area contributed by atoms with E-state index in [0.29, 0.717) is 31.7 Å². The van der Waals surface area contributed by atoms with Gasteiger partial charge in [-0.05, 0) is 18.2 Å². The van der Waals surface area contributed by atoms with Gasteiger partial charge in [-0.15, -0.1) is 0 Å². The van der Waals surface area contributed by atoms with Gasteiger partial charge in [0, 0.05) is 43.9 Å². The van der Waals surface area contributed by atoms with Crippen molar-refractivity contribution in [1.29, 1.82) is 0 Å². The fourth-order valence-electron chi connectivity index (χ4n) is 3.25. The number of ether oxygens (including phenoxy) is 1. The van der Waals surface area contributed by atoms with Crippen molar-refractivity contribution >= 4 is 38.3 Å². The molecular weight excluding hydrogens is 380 g/mol. The van der Waals surface area contributed by atoms with Crippen molar-refractivity contribution in [2.24, 2.45) is 0 Å². The molecule has 28 heavy (non-hydrogen) atoms. The zero-order valence-electron chi connectivity index (χ0n) is 15.2. The van der Waals surface area contributed by atoms with Gasteiger partial charge in [0.1, 0.15) is 11.3 Å². The smallest absolute Gasteiger partial charge is 0.270 e. The van der Waals surface area contributed by atoms with Gasteiger partial charge in [-0.25, -0.2) is 4.98 Å². The summed E-state index contributed by atoms with van der Waals surface area (Å²) in [5.74, 6) is 0.564. The van der Waals surface area contributed by atoms with Gasteiger partial charge in [-0.1, -0.05) is 23.5 Å². The third-order valence-corrected chi connectivity index (χ3v) is 5.81. The molecule has 0 atom stereocenters. The number of fused-ring (bicyclic) bond motifs is 1. The SMILES string of the molecule is COc1cccc2sc(N3CCN(C(=O)c4cccc([N+](=O)[O-])c4)CC3)nc12. The monoisotopic (exact) mass is 398 g/mol. The van der Waals surface area contributed by atoms with Gasteiger partial charge in [-0.2, -0.15) is 0 Å². The second-order valence-corrected chi connectivity index (χ2v) is 7.40. The number of non-ortho nitro benzene ring substituents is 1. The van der Waals surface area contributed by atoms with Crippen LogP contribution in [0.4, 0.5) is 10.8 Å². The molecule has 0 bridgehead atoms. The molecule has 8 nitrogen and oxygen atoms in total. The Kier molecular flexibility index (Phi) is 4.82. The molecule has 9 heteroatoms. The molecule has 1 saturated heterocycles. The van der Waals surface area contributed by atoms with Crippen molar-refractivity contribution < 1.29 is 14.5 Å². The minimum Gasteiger partial charge on any atom is -0.494 e. The summed E-state index contributed by atoms with van der Waals surface area (Å²) in [7, 11) is 1.63. The summed E-state index contributed by atoms with van der Waals surface area (Å²) in [6, 6.07) is 11.7. The number of anilines is 1. The predicted molar refractivity (Wildman–Crippen MR) is 107 cm³/mol. The van der Waals surface area contributed by atoms with E-state index >= 15 is 0 Å². The summed E-state index contributed by atoms with van der Waals surface area (Å²) in [6.45, 7) is 2.38. The van der Waals surface area contributed by atoms with Crippen LogP contribution in [-0.4, -0.2) is 54.0 Å².